The van der Waals surface area contributed by atoms with Gasteiger partial charge in [0.15, 0.2) is 5.65 Å². The molecule has 3 N–H and O–H groups in total. The molecule has 0 spiro atoms. The fraction of sp³-hybridized carbons (Fsp3) is 0.300. The van der Waals surface area contributed by atoms with Crippen molar-refractivity contribution in [1.82, 2.24) is 30.2 Å². The first kappa shape index (κ1) is 17.2. The highest BCUT2D eigenvalue weighted by Gasteiger charge is 2.13. The number of nitrogens with two attached hydrogens (primary N) is 1. The SMILES string of the molecule is CC(C)(C)c1ccc(Cn2cc(Cc3cc(N)nc4[nH]nnc34)cn2)cc1. The molecule has 7 nitrogen and oxygen atoms in total. The number of nitrogens with zero attached hydrogens (tertiary/aromatic N) is 5. The summed E-state index contributed by atoms with van der Waals surface area (Å²) >= 11 is 0. The number of fused-ring (bicyclic) bond motifs is 1. The number of hydrogen-bond donors (Lipinski definition) is 2. The molecule has 0 radical (unpaired) electrons. The highest BCUT2D eigenvalue weighted by molar-refractivity contribution is 5.76. The molecule has 4 aromatic rings. The summed E-state index contributed by atoms with van der Waals surface area (Å²) in [6, 6.07) is 10.6. The topological polar surface area (TPSA) is 98.3 Å². The smallest absolute Gasteiger partial charge is 0.178 e. The van der Waals surface area contributed by atoms with E-state index < -0.39 is 0 Å². The lowest BCUT2D eigenvalue weighted by Gasteiger charge is -2.19. The summed E-state index contributed by atoms with van der Waals surface area (Å²) in [5, 5.41) is 15.2. The molecule has 27 heavy (non-hydrogen) atoms. The van der Waals surface area contributed by atoms with Crippen LogP contribution in [0.1, 0.15) is 43.0 Å². The van der Waals surface area contributed by atoms with Crippen LogP contribution >= 0.6 is 0 Å². The Hall–Kier alpha value is -3.22. The second kappa shape index (κ2) is 6.50. The van der Waals surface area contributed by atoms with E-state index in [1.54, 1.807) is 0 Å². The van der Waals surface area contributed by atoms with Crippen molar-refractivity contribution in [1.29, 1.82) is 0 Å². The average molecular weight is 361 g/mol. The van der Waals surface area contributed by atoms with Crippen molar-refractivity contribution < 1.29 is 0 Å². The van der Waals surface area contributed by atoms with Crippen molar-refractivity contribution in [2.45, 2.75) is 39.2 Å². The Morgan fingerprint density at radius 2 is 1.89 bits per heavy atom. The molecule has 0 unspecified atom stereocenters. The van der Waals surface area contributed by atoms with Gasteiger partial charge in [0.05, 0.1) is 12.7 Å². The molecule has 0 aliphatic rings. The van der Waals surface area contributed by atoms with Crippen molar-refractivity contribution in [3.05, 3.63) is 65.0 Å². The number of anilines is 1. The van der Waals surface area contributed by atoms with Crippen molar-refractivity contribution in [3.8, 4) is 0 Å². The predicted molar refractivity (Wildman–Crippen MR) is 105 cm³/mol. The number of hydrogen-bond acceptors (Lipinski definition) is 5. The lowest BCUT2D eigenvalue weighted by atomic mass is 9.87. The van der Waals surface area contributed by atoms with E-state index in [9.17, 15) is 0 Å². The van der Waals surface area contributed by atoms with E-state index in [4.69, 9.17) is 5.73 Å². The van der Waals surface area contributed by atoms with Gasteiger partial charge in [-0.3, -0.25) is 4.68 Å². The van der Waals surface area contributed by atoms with Gasteiger partial charge in [0.2, 0.25) is 0 Å². The molecule has 0 saturated carbocycles. The molecule has 4 rings (SSSR count). The second-order valence-electron chi connectivity index (χ2n) is 7.89. The number of aromatic nitrogens is 6. The Bertz CT molecular complexity index is 1070. The van der Waals surface area contributed by atoms with E-state index in [1.807, 2.05) is 16.9 Å². The minimum absolute atomic E-state index is 0.163. The van der Waals surface area contributed by atoms with Crippen LogP contribution in [0.25, 0.3) is 11.2 Å². The Kier molecular flexibility index (Phi) is 4.14. The minimum Gasteiger partial charge on any atom is -0.384 e. The molecule has 0 fully saturated rings. The van der Waals surface area contributed by atoms with E-state index >= 15 is 0 Å². The van der Waals surface area contributed by atoms with Gasteiger partial charge in [0.25, 0.3) is 0 Å². The van der Waals surface area contributed by atoms with E-state index in [1.165, 1.54) is 11.1 Å². The fourth-order valence-electron chi connectivity index (χ4n) is 3.16. The van der Waals surface area contributed by atoms with Crippen LogP contribution in [0.3, 0.4) is 0 Å². The fourth-order valence-corrected chi connectivity index (χ4v) is 3.16. The second-order valence-corrected chi connectivity index (χ2v) is 7.89. The Labute approximate surface area is 157 Å². The lowest BCUT2D eigenvalue weighted by molar-refractivity contribution is 0.589. The monoisotopic (exact) mass is 361 g/mol. The molecule has 3 heterocycles. The normalized spacial score (nSPS) is 12.0. The van der Waals surface area contributed by atoms with Gasteiger partial charge < -0.3 is 5.73 Å². The van der Waals surface area contributed by atoms with Crippen LogP contribution in [-0.4, -0.2) is 30.2 Å². The van der Waals surface area contributed by atoms with Gasteiger partial charge in [-0.05, 0) is 33.7 Å². The van der Waals surface area contributed by atoms with E-state index in [0.717, 1.165) is 23.2 Å². The van der Waals surface area contributed by atoms with E-state index in [0.29, 0.717) is 17.9 Å². The summed E-state index contributed by atoms with van der Waals surface area (Å²) in [6.45, 7) is 7.40. The molecular weight excluding hydrogens is 338 g/mol. The summed E-state index contributed by atoms with van der Waals surface area (Å²) in [5.74, 6) is 0.454. The number of nitrogen functional groups attached to an aromatic ring is 1. The first-order valence-electron chi connectivity index (χ1n) is 8.95. The molecule has 138 valence electrons. The van der Waals surface area contributed by atoms with Crippen LogP contribution in [0.5, 0.6) is 0 Å². The van der Waals surface area contributed by atoms with Crippen molar-refractivity contribution in [2.75, 3.05) is 5.73 Å². The first-order valence-corrected chi connectivity index (χ1v) is 8.95. The molecule has 0 bridgehead atoms. The highest BCUT2D eigenvalue weighted by Crippen LogP contribution is 2.23. The quantitative estimate of drug-likeness (QED) is 0.582. The van der Waals surface area contributed by atoms with Gasteiger partial charge in [-0.2, -0.15) is 5.10 Å². The van der Waals surface area contributed by atoms with Gasteiger partial charge in [0, 0.05) is 12.6 Å². The van der Waals surface area contributed by atoms with Crippen LogP contribution in [0, 0.1) is 0 Å². The van der Waals surface area contributed by atoms with E-state index in [-0.39, 0.29) is 5.41 Å². The van der Waals surface area contributed by atoms with Gasteiger partial charge in [-0.1, -0.05) is 50.3 Å². The standard InChI is InChI=1S/C20H23N7/c1-20(2,3)16-6-4-13(5-7-16)11-27-12-14(10-22-27)8-15-9-17(21)23-19-18(15)24-26-25-19/h4-7,9-10,12H,8,11H2,1-3H3,(H3,21,23,24,25,26). The van der Waals surface area contributed by atoms with Crippen molar-refractivity contribution in [2.24, 2.45) is 0 Å². The lowest BCUT2D eigenvalue weighted by Crippen LogP contribution is -2.11. The molecule has 3 aromatic heterocycles. The summed E-state index contributed by atoms with van der Waals surface area (Å²) in [7, 11) is 0. The van der Waals surface area contributed by atoms with Gasteiger partial charge in [-0.25, -0.2) is 10.1 Å². The average Bonchev–Trinajstić information content (AvgIpc) is 3.24. The summed E-state index contributed by atoms with van der Waals surface area (Å²) in [4.78, 5) is 4.20. The van der Waals surface area contributed by atoms with Gasteiger partial charge >= 0.3 is 0 Å². The number of aromatic amines is 1. The predicted octanol–water partition coefficient (Wildman–Crippen LogP) is 3.07. The number of H-pyrrole nitrogens is 1. The summed E-state index contributed by atoms with van der Waals surface area (Å²) in [6.07, 6.45) is 4.62. The van der Waals surface area contributed by atoms with Crippen LogP contribution in [0.4, 0.5) is 5.82 Å². The maximum Gasteiger partial charge on any atom is 0.178 e. The summed E-state index contributed by atoms with van der Waals surface area (Å²) in [5.41, 5.74) is 12.0. The molecule has 0 atom stereocenters. The molecule has 0 amide bonds. The summed E-state index contributed by atoms with van der Waals surface area (Å²) < 4.78 is 1.95. The third-order valence-electron chi connectivity index (χ3n) is 4.64. The zero-order chi connectivity index (χ0) is 19.0. The largest absolute Gasteiger partial charge is 0.384 e. The molecule has 0 saturated heterocycles. The third-order valence-corrected chi connectivity index (χ3v) is 4.64. The molecular formula is C20H23N7. The van der Waals surface area contributed by atoms with Gasteiger partial charge in [-0.15, -0.1) is 5.10 Å². The maximum atomic E-state index is 5.88. The van der Waals surface area contributed by atoms with Gasteiger partial charge in [0.1, 0.15) is 11.3 Å². The van der Waals surface area contributed by atoms with Crippen LogP contribution in [0.15, 0.2) is 42.7 Å². The maximum absolute atomic E-state index is 5.88. The molecule has 7 heteroatoms. The number of benzene rings is 1. The molecule has 0 aliphatic carbocycles. The number of rotatable bonds is 4. The Balaban J connectivity index is 1.51. The highest BCUT2D eigenvalue weighted by atomic mass is 15.3. The van der Waals surface area contributed by atoms with Crippen LogP contribution < -0.4 is 5.73 Å². The minimum atomic E-state index is 0.163. The zero-order valence-electron chi connectivity index (χ0n) is 15.8. The third kappa shape index (κ3) is 3.67. The van der Waals surface area contributed by atoms with Crippen LogP contribution in [-0.2, 0) is 18.4 Å². The van der Waals surface area contributed by atoms with Crippen molar-refractivity contribution in [3.63, 3.8) is 0 Å². The van der Waals surface area contributed by atoms with E-state index in [2.05, 4.69) is 76.7 Å². The van der Waals surface area contributed by atoms with Crippen LogP contribution in [0.2, 0.25) is 0 Å². The Morgan fingerprint density at radius 3 is 2.63 bits per heavy atom. The van der Waals surface area contributed by atoms with Crippen molar-refractivity contribution >= 4 is 17.0 Å². The number of pyridine rings is 1. The number of nitrogens with one attached hydrogen (secondary N) is 1. The zero-order valence-corrected chi connectivity index (χ0v) is 15.8. The Morgan fingerprint density at radius 1 is 1.11 bits per heavy atom. The molecule has 0 aliphatic heterocycles. The molecule has 1 aromatic carbocycles. The first-order chi connectivity index (χ1) is 12.9.